The van der Waals surface area contributed by atoms with Crippen LogP contribution in [-0.2, 0) is 16.4 Å². The van der Waals surface area contributed by atoms with Crippen LogP contribution in [0, 0.1) is 0 Å². The van der Waals surface area contributed by atoms with Crippen molar-refractivity contribution in [3.05, 3.63) is 54.1 Å². The molecule has 0 saturated carbocycles. The Balaban J connectivity index is 1.83. The molecule has 4 nitrogen and oxygen atoms in total. The van der Waals surface area contributed by atoms with Crippen molar-refractivity contribution >= 4 is 21.2 Å². The summed E-state index contributed by atoms with van der Waals surface area (Å²) in [5, 5.41) is 3.03. The maximum absolute atomic E-state index is 12.9. The first-order chi connectivity index (χ1) is 12.5. The Bertz CT molecular complexity index is 850. The molecule has 1 aliphatic heterocycles. The lowest BCUT2D eigenvalue weighted by Crippen LogP contribution is -2.30. The first-order valence-corrected chi connectivity index (χ1v) is 10.2. The molecule has 1 fully saturated rings. The van der Waals surface area contributed by atoms with Gasteiger partial charge in [0.1, 0.15) is 0 Å². The van der Waals surface area contributed by atoms with E-state index in [1.54, 1.807) is 6.07 Å². The number of nitrogens with one attached hydrogen (secondary N) is 1. The highest BCUT2D eigenvalue weighted by atomic mass is 32.2. The Labute approximate surface area is 152 Å². The van der Waals surface area contributed by atoms with E-state index in [0.29, 0.717) is 6.54 Å². The van der Waals surface area contributed by atoms with Gasteiger partial charge < -0.3 is 10.2 Å². The predicted octanol–water partition coefficient (Wildman–Crippen LogP) is 4.29. The van der Waals surface area contributed by atoms with Gasteiger partial charge in [-0.15, -0.1) is 0 Å². The smallest absolute Gasteiger partial charge is 0.341 e. The molecule has 0 amide bonds. The second-order valence-electron chi connectivity index (χ2n) is 6.33. The van der Waals surface area contributed by atoms with Gasteiger partial charge in [0.15, 0.2) is 0 Å². The van der Waals surface area contributed by atoms with Gasteiger partial charge in [0.25, 0.3) is 0 Å². The van der Waals surface area contributed by atoms with E-state index >= 15 is 0 Å². The summed E-state index contributed by atoms with van der Waals surface area (Å²) < 4.78 is 49.6. The zero-order chi connectivity index (χ0) is 18.6. The van der Waals surface area contributed by atoms with Crippen molar-refractivity contribution in [2.75, 3.05) is 23.3 Å². The van der Waals surface area contributed by atoms with Crippen LogP contribution in [0.3, 0.4) is 0 Å². The zero-order valence-electron chi connectivity index (χ0n) is 14.4. The van der Waals surface area contributed by atoms with Crippen LogP contribution in [0.4, 0.5) is 20.2 Å². The lowest BCUT2D eigenvalue weighted by molar-refractivity contribution is 0.235. The van der Waals surface area contributed by atoms with Crippen LogP contribution in [-0.4, -0.2) is 27.3 Å². The summed E-state index contributed by atoms with van der Waals surface area (Å²) in [5.41, 5.74) is 2.31. The summed E-state index contributed by atoms with van der Waals surface area (Å²) in [6.45, 7) is 2.35. The fourth-order valence-electron chi connectivity index (χ4n) is 3.25. The number of sulfone groups is 1. The van der Waals surface area contributed by atoms with Crippen LogP contribution in [0.1, 0.15) is 24.8 Å². The largest absolute Gasteiger partial charge is 0.380 e. The van der Waals surface area contributed by atoms with Gasteiger partial charge in [0.2, 0.25) is 9.84 Å². The number of benzene rings is 2. The molecule has 0 bridgehead atoms. The quantitative estimate of drug-likeness (QED) is 0.812. The molecular formula is C19H22F2N2O2S. The SMILES string of the molecule is O=S(=O)(c1ccccc1NCc1ccccc1N1CCCCC1)C(F)F. The summed E-state index contributed by atoms with van der Waals surface area (Å²) in [5.74, 6) is -3.44. The van der Waals surface area contributed by atoms with Gasteiger partial charge in [0.05, 0.1) is 10.6 Å². The van der Waals surface area contributed by atoms with Crippen LogP contribution < -0.4 is 10.2 Å². The minimum atomic E-state index is -4.65. The van der Waals surface area contributed by atoms with E-state index in [1.807, 2.05) is 24.3 Å². The molecule has 0 aliphatic carbocycles. The molecule has 0 unspecified atom stereocenters. The molecule has 1 heterocycles. The van der Waals surface area contributed by atoms with Gasteiger partial charge in [-0.2, -0.15) is 8.78 Å². The molecule has 0 aromatic heterocycles. The van der Waals surface area contributed by atoms with Crippen LogP contribution in [0.15, 0.2) is 53.4 Å². The third kappa shape index (κ3) is 3.98. The standard InChI is InChI=1S/C19H22F2N2O2S/c20-19(21)26(24,25)18-11-5-3-9-16(18)22-14-15-8-2-4-10-17(15)23-12-6-1-7-13-23/h2-5,8-11,19,22H,1,6-7,12-14H2. The number of hydrogen-bond acceptors (Lipinski definition) is 4. The number of nitrogens with zero attached hydrogens (tertiary/aromatic N) is 1. The third-order valence-electron chi connectivity index (χ3n) is 4.59. The van der Waals surface area contributed by atoms with Crippen molar-refractivity contribution in [3.8, 4) is 0 Å². The Morgan fingerprint density at radius 1 is 0.962 bits per heavy atom. The molecule has 7 heteroatoms. The van der Waals surface area contributed by atoms with Gasteiger partial charge in [0, 0.05) is 25.3 Å². The first-order valence-electron chi connectivity index (χ1n) is 8.68. The lowest BCUT2D eigenvalue weighted by atomic mass is 10.1. The number of piperidine rings is 1. The van der Waals surface area contributed by atoms with E-state index in [-0.39, 0.29) is 10.6 Å². The van der Waals surface area contributed by atoms with E-state index < -0.39 is 15.6 Å². The second kappa shape index (κ2) is 8.03. The molecule has 0 atom stereocenters. The monoisotopic (exact) mass is 380 g/mol. The number of anilines is 2. The molecule has 2 aromatic carbocycles. The molecule has 1 saturated heterocycles. The maximum atomic E-state index is 12.9. The molecule has 2 aromatic rings. The maximum Gasteiger partial charge on any atom is 0.341 e. The molecule has 140 valence electrons. The number of halogens is 2. The van der Waals surface area contributed by atoms with Crippen molar-refractivity contribution in [1.82, 2.24) is 0 Å². The Kier molecular flexibility index (Phi) is 5.76. The average Bonchev–Trinajstić information content (AvgIpc) is 2.67. The minimum absolute atomic E-state index is 0.196. The van der Waals surface area contributed by atoms with Crippen molar-refractivity contribution in [1.29, 1.82) is 0 Å². The molecule has 3 rings (SSSR count). The van der Waals surface area contributed by atoms with E-state index in [9.17, 15) is 17.2 Å². The Morgan fingerprint density at radius 2 is 1.62 bits per heavy atom. The number of alkyl halides is 2. The summed E-state index contributed by atoms with van der Waals surface area (Å²) in [6, 6.07) is 13.7. The van der Waals surface area contributed by atoms with Crippen LogP contribution in [0.5, 0.6) is 0 Å². The number of rotatable bonds is 6. The van der Waals surface area contributed by atoms with Crippen LogP contribution in [0.25, 0.3) is 0 Å². The van der Waals surface area contributed by atoms with Gasteiger partial charge in [-0.3, -0.25) is 0 Å². The Morgan fingerprint density at radius 3 is 2.35 bits per heavy atom. The van der Waals surface area contributed by atoms with E-state index in [2.05, 4.69) is 10.2 Å². The van der Waals surface area contributed by atoms with E-state index in [1.165, 1.54) is 24.6 Å². The van der Waals surface area contributed by atoms with Crippen molar-refractivity contribution in [3.63, 3.8) is 0 Å². The topological polar surface area (TPSA) is 49.4 Å². The average molecular weight is 380 g/mol. The molecule has 1 N–H and O–H groups in total. The summed E-state index contributed by atoms with van der Waals surface area (Å²) in [4.78, 5) is 1.95. The van der Waals surface area contributed by atoms with Crippen LogP contribution >= 0.6 is 0 Å². The first kappa shape index (κ1) is 18.6. The lowest BCUT2D eigenvalue weighted by Gasteiger charge is -2.30. The third-order valence-corrected chi connectivity index (χ3v) is 6.02. The fraction of sp³-hybridized carbons (Fsp3) is 0.368. The Hall–Kier alpha value is -2.15. The molecule has 1 aliphatic rings. The number of hydrogen-bond donors (Lipinski definition) is 1. The van der Waals surface area contributed by atoms with E-state index in [0.717, 1.165) is 37.2 Å². The molecule has 0 radical (unpaired) electrons. The van der Waals surface area contributed by atoms with Gasteiger partial charge in [-0.05, 0) is 43.0 Å². The number of para-hydroxylation sites is 2. The normalized spacial score (nSPS) is 15.3. The van der Waals surface area contributed by atoms with Crippen LogP contribution in [0.2, 0.25) is 0 Å². The second-order valence-corrected chi connectivity index (χ2v) is 8.22. The summed E-state index contributed by atoms with van der Waals surface area (Å²) in [6.07, 6.45) is 3.53. The highest BCUT2D eigenvalue weighted by Crippen LogP contribution is 2.28. The predicted molar refractivity (Wildman–Crippen MR) is 99.5 cm³/mol. The highest BCUT2D eigenvalue weighted by Gasteiger charge is 2.29. The van der Waals surface area contributed by atoms with Gasteiger partial charge >= 0.3 is 5.76 Å². The molecule has 0 spiro atoms. The van der Waals surface area contributed by atoms with Crippen molar-refractivity contribution in [2.24, 2.45) is 0 Å². The highest BCUT2D eigenvalue weighted by molar-refractivity contribution is 7.91. The van der Waals surface area contributed by atoms with Gasteiger partial charge in [-0.1, -0.05) is 30.3 Å². The molecular weight excluding hydrogens is 358 g/mol. The van der Waals surface area contributed by atoms with Crippen molar-refractivity contribution < 1.29 is 17.2 Å². The summed E-state index contributed by atoms with van der Waals surface area (Å²) >= 11 is 0. The zero-order valence-corrected chi connectivity index (χ0v) is 15.2. The summed E-state index contributed by atoms with van der Waals surface area (Å²) in [7, 11) is -4.65. The van der Waals surface area contributed by atoms with Crippen molar-refractivity contribution in [2.45, 2.75) is 36.5 Å². The minimum Gasteiger partial charge on any atom is -0.380 e. The van der Waals surface area contributed by atoms with Gasteiger partial charge in [-0.25, -0.2) is 8.42 Å². The fourth-order valence-corrected chi connectivity index (χ4v) is 4.16. The molecule has 26 heavy (non-hydrogen) atoms. The van der Waals surface area contributed by atoms with E-state index in [4.69, 9.17) is 0 Å².